The topological polar surface area (TPSA) is 74.3 Å². The Hall–Kier alpha value is -3.22. The van der Waals surface area contributed by atoms with Crippen molar-refractivity contribution in [2.75, 3.05) is 32.3 Å². The van der Waals surface area contributed by atoms with E-state index in [2.05, 4.69) is 0 Å². The first kappa shape index (κ1) is 17.6. The number of hydrogen-bond donors (Lipinski definition) is 0. The van der Waals surface area contributed by atoms with E-state index in [-0.39, 0.29) is 11.3 Å². The van der Waals surface area contributed by atoms with Gasteiger partial charge in [0.15, 0.2) is 11.5 Å². The van der Waals surface area contributed by atoms with Crippen molar-refractivity contribution in [3.05, 3.63) is 53.4 Å². The van der Waals surface area contributed by atoms with E-state index < -0.39 is 11.9 Å². The number of carbonyl (C=O) groups excluding carboxylic acids is 2. The van der Waals surface area contributed by atoms with Crippen LogP contribution in [-0.2, 0) is 19.1 Å². The normalized spacial score (nSPS) is 15.6. The van der Waals surface area contributed by atoms with E-state index in [1.54, 1.807) is 29.3 Å². The van der Waals surface area contributed by atoms with Crippen molar-refractivity contribution >= 4 is 17.6 Å². The Morgan fingerprint density at radius 1 is 1.00 bits per heavy atom. The van der Waals surface area contributed by atoms with Crippen molar-refractivity contribution in [1.82, 2.24) is 0 Å². The third kappa shape index (κ3) is 3.15. The summed E-state index contributed by atoms with van der Waals surface area (Å²) < 4.78 is 21.0. The molecule has 0 unspecified atom stereocenters. The fraction of sp³-hybridized carbons (Fsp3) is 0.263. The fourth-order valence-electron chi connectivity index (χ4n) is 2.79. The number of rotatable bonds is 3. The van der Waals surface area contributed by atoms with E-state index in [9.17, 15) is 9.59 Å². The second-order valence-corrected chi connectivity index (χ2v) is 5.60. The van der Waals surface area contributed by atoms with Crippen molar-refractivity contribution in [3.8, 4) is 11.5 Å². The SMILES string of the molecule is COC(=O)C1=C(C(=O)OC)N(c2cc3c(cc2C)OCCO3)C=CC=C1. The number of esters is 2. The molecular weight excluding hydrogens is 338 g/mol. The maximum Gasteiger partial charge on any atom is 0.355 e. The Kier molecular flexibility index (Phi) is 4.97. The number of fused-ring (bicyclic) bond motifs is 1. The van der Waals surface area contributed by atoms with Crippen LogP contribution in [0.3, 0.4) is 0 Å². The van der Waals surface area contributed by atoms with Crippen molar-refractivity contribution in [2.24, 2.45) is 0 Å². The van der Waals surface area contributed by atoms with Crippen molar-refractivity contribution < 1.29 is 28.5 Å². The summed E-state index contributed by atoms with van der Waals surface area (Å²) in [6.07, 6.45) is 6.57. The molecule has 3 rings (SSSR count). The molecule has 0 saturated heterocycles. The van der Waals surface area contributed by atoms with Gasteiger partial charge in [0.2, 0.25) is 0 Å². The van der Waals surface area contributed by atoms with Crippen LogP contribution in [-0.4, -0.2) is 39.4 Å². The zero-order chi connectivity index (χ0) is 18.7. The highest BCUT2D eigenvalue weighted by Crippen LogP contribution is 2.39. The first-order chi connectivity index (χ1) is 12.6. The van der Waals surface area contributed by atoms with Gasteiger partial charge in [0.25, 0.3) is 0 Å². The third-order valence-corrected chi connectivity index (χ3v) is 4.01. The van der Waals surface area contributed by atoms with Gasteiger partial charge in [0.1, 0.15) is 18.9 Å². The average Bonchev–Trinajstić information content (AvgIpc) is 2.89. The number of carbonyl (C=O) groups is 2. The first-order valence-corrected chi connectivity index (χ1v) is 8.02. The van der Waals surface area contributed by atoms with Crippen LogP contribution in [0.15, 0.2) is 47.8 Å². The van der Waals surface area contributed by atoms with E-state index in [4.69, 9.17) is 18.9 Å². The monoisotopic (exact) mass is 357 g/mol. The molecule has 136 valence electrons. The lowest BCUT2D eigenvalue weighted by molar-refractivity contribution is -0.139. The molecule has 0 bridgehead atoms. The fourth-order valence-corrected chi connectivity index (χ4v) is 2.79. The minimum atomic E-state index is -0.657. The molecule has 1 aromatic carbocycles. The summed E-state index contributed by atoms with van der Waals surface area (Å²) in [7, 11) is 2.52. The smallest absolute Gasteiger partial charge is 0.355 e. The Bertz CT molecular complexity index is 837. The van der Waals surface area contributed by atoms with E-state index in [1.807, 2.05) is 13.0 Å². The number of methoxy groups -OCH3 is 2. The maximum atomic E-state index is 12.5. The van der Waals surface area contributed by atoms with Crippen LogP contribution in [0.5, 0.6) is 11.5 Å². The number of ether oxygens (including phenoxy) is 4. The average molecular weight is 357 g/mol. The molecule has 0 N–H and O–H groups in total. The Morgan fingerprint density at radius 3 is 2.31 bits per heavy atom. The van der Waals surface area contributed by atoms with Gasteiger partial charge in [0.05, 0.1) is 25.5 Å². The van der Waals surface area contributed by atoms with E-state index in [0.717, 1.165) is 5.56 Å². The number of benzene rings is 1. The molecule has 2 aliphatic rings. The lowest BCUT2D eigenvalue weighted by Crippen LogP contribution is -2.27. The van der Waals surface area contributed by atoms with Crippen LogP contribution in [0.25, 0.3) is 0 Å². The summed E-state index contributed by atoms with van der Waals surface area (Å²) in [6, 6.07) is 3.61. The van der Waals surface area contributed by atoms with Gasteiger partial charge >= 0.3 is 11.9 Å². The van der Waals surface area contributed by atoms with Gasteiger partial charge in [-0.1, -0.05) is 6.08 Å². The second kappa shape index (κ2) is 7.35. The molecule has 0 saturated carbocycles. The van der Waals surface area contributed by atoms with Crippen LogP contribution in [0.1, 0.15) is 5.56 Å². The van der Waals surface area contributed by atoms with Crippen LogP contribution < -0.4 is 14.4 Å². The summed E-state index contributed by atoms with van der Waals surface area (Å²) in [5, 5.41) is 0. The number of anilines is 1. The number of aryl methyl sites for hydroxylation is 1. The van der Waals surface area contributed by atoms with Crippen LogP contribution in [0.4, 0.5) is 5.69 Å². The highest BCUT2D eigenvalue weighted by atomic mass is 16.6. The van der Waals surface area contributed by atoms with Gasteiger partial charge in [-0.2, -0.15) is 0 Å². The first-order valence-electron chi connectivity index (χ1n) is 8.02. The number of nitrogens with zero attached hydrogens (tertiary/aromatic N) is 1. The number of hydrogen-bond acceptors (Lipinski definition) is 7. The summed E-state index contributed by atoms with van der Waals surface area (Å²) in [6.45, 7) is 2.81. The summed E-state index contributed by atoms with van der Waals surface area (Å²) >= 11 is 0. The van der Waals surface area contributed by atoms with Gasteiger partial charge in [-0.3, -0.25) is 0 Å². The zero-order valence-electron chi connectivity index (χ0n) is 14.8. The molecule has 26 heavy (non-hydrogen) atoms. The molecule has 0 fully saturated rings. The van der Waals surface area contributed by atoms with E-state index >= 15 is 0 Å². The van der Waals surface area contributed by atoms with E-state index in [1.165, 1.54) is 20.3 Å². The minimum Gasteiger partial charge on any atom is -0.486 e. The Balaban J connectivity index is 2.18. The second-order valence-electron chi connectivity index (χ2n) is 5.60. The van der Waals surface area contributed by atoms with Crippen LogP contribution in [0, 0.1) is 6.92 Å². The summed E-state index contributed by atoms with van der Waals surface area (Å²) in [4.78, 5) is 26.3. The predicted octanol–water partition coefficient (Wildman–Crippen LogP) is 2.26. The number of allylic oxidation sites excluding steroid dienone is 2. The lowest BCUT2D eigenvalue weighted by atomic mass is 10.1. The molecule has 0 aromatic heterocycles. The molecule has 2 heterocycles. The molecule has 0 atom stereocenters. The van der Waals surface area contributed by atoms with Crippen molar-refractivity contribution in [2.45, 2.75) is 6.92 Å². The van der Waals surface area contributed by atoms with E-state index in [0.29, 0.717) is 30.4 Å². The summed E-state index contributed by atoms with van der Waals surface area (Å²) in [5.74, 6) is -0.0704. The Labute approximate surface area is 151 Å². The molecule has 7 nitrogen and oxygen atoms in total. The maximum absolute atomic E-state index is 12.5. The summed E-state index contributed by atoms with van der Waals surface area (Å²) in [5.41, 5.74) is 1.66. The Morgan fingerprint density at radius 2 is 1.65 bits per heavy atom. The molecule has 0 amide bonds. The quantitative estimate of drug-likeness (QED) is 0.768. The molecule has 0 spiro atoms. The lowest BCUT2D eigenvalue weighted by Gasteiger charge is -2.27. The molecule has 0 radical (unpaired) electrons. The molecule has 7 heteroatoms. The standard InChI is InChI=1S/C19H19NO6/c1-12-10-15-16(26-9-8-25-15)11-14(12)20-7-5-4-6-13(18(21)23-2)17(20)19(22)24-3/h4-7,10-11H,8-9H2,1-3H3. The predicted molar refractivity (Wildman–Crippen MR) is 94.0 cm³/mol. The highest BCUT2D eigenvalue weighted by Gasteiger charge is 2.29. The van der Waals surface area contributed by atoms with Crippen LogP contribution in [0.2, 0.25) is 0 Å². The van der Waals surface area contributed by atoms with Gasteiger partial charge in [0, 0.05) is 12.3 Å². The van der Waals surface area contributed by atoms with Gasteiger partial charge < -0.3 is 23.8 Å². The van der Waals surface area contributed by atoms with Gasteiger partial charge in [-0.05, 0) is 30.7 Å². The van der Waals surface area contributed by atoms with Gasteiger partial charge in [-0.25, -0.2) is 9.59 Å². The van der Waals surface area contributed by atoms with Crippen molar-refractivity contribution in [1.29, 1.82) is 0 Å². The van der Waals surface area contributed by atoms with Gasteiger partial charge in [-0.15, -0.1) is 0 Å². The minimum absolute atomic E-state index is 0.0594. The zero-order valence-corrected chi connectivity index (χ0v) is 14.8. The highest BCUT2D eigenvalue weighted by molar-refractivity contribution is 6.05. The van der Waals surface area contributed by atoms with Crippen molar-refractivity contribution in [3.63, 3.8) is 0 Å². The molecule has 0 aliphatic carbocycles. The molecule has 2 aliphatic heterocycles. The van der Waals surface area contributed by atoms with Crippen LogP contribution >= 0.6 is 0 Å². The molecular formula is C19H19NO6. The largest absolute Gasteiger partial charge is 0.486 e. The third-order valence-electron chi connectivity index (χ3n) is 4.01. The molecule has 1 aromatic rings.